The normalized spacial score (nSPS) is 11.2. The first kappa shape index (κ1) is 17.4. The molecule has 0 bridgehead atoms. The number of rotatable bonds is 11. The van der Waals surface area contributed by atoms with Crippen LogP contribution >= 0.6 is 0 Å². The highest BCUT2D eigenvalue weighted by Crippen LogP contribution is 1.99. The molecule has 0 aliphatic carbocycles. The Hall–Kier alpha value is -0.610. The molecule has 0 radical (unpaired) electrons. The highest BCUT2D eigenvalue weighted by atomic mass is 16.5. The third kappa shape index (κ3) is 13.5. The molecule has 4 heteroatoms. The number of hydrogen-bond donors (Lipinski definition) is 2. The molecule has 0 aromatic heterocycles. The van der Waals surface area contributed by atoms with Crippen molar-refractivity contribution in [3.05, 3.63) is 0 Å². The Morgan fingerprint density at radius 3 is 2.44 bits per heavy atom. The van der Waals surface area contributed by atoms with Crippen molar-refractivity contribution in [1.82, 2.24) is 10.6 Å². The van der Waals surface area contributed by atoms with Crippen LogP contribution in [0.1, 0.15) is 47.0 Å². The van der Waals surface area contributed by atoms with Crippen molar-refractivity contribution in [3.8, 4) is 0 Å². The summed E-state index contributed by atoms with van der Waals surface area (Å²) >= 11 is 0. The van der Waals surface area contributed by atoms with Crippen LogP contribution in [-0.4, -0.2) is 38.3 Å². The molecule has 0 rings (SSSR count). The molecule has 0 unspecified atom stereocenters. The fourth-order valence-corrected chi connectivity index (χ4v) is 1.41. The summed E-state index contributed by atoms with van der Waals surface area (Å²) in [4.78, 5) is 11.4. The van der Waals surface area contributed by atoms with Gasteiger partial charge in [-0.15, -0.1) is 0 Å². The predicted molar refractivity (Wildman–Crippen MR) is 75.7 cm³/mol. The van der Waals surface area contributed by atoms with Crippen molar-refractivity contribution in [2.45, 2.75) is 53.0 Å². The van der Waals surface area contributed by atoms with Crippen LogP contribution in [0.2, 0.25) is 0 Å². The Bertz CT molecular complexity index is 206. The summed E-state index contributed by atoms with van der Waals surface area (Å²) < 4.78 is 5.46. The van der Waals surface area contributed by atoms with Crippen molar-refractivity contribution < 1.29 is 9.53 Å². The molecule has 0 aromatic rings. The highest BCUT2D eigenvalue weighted by molar-refractivity contribution is 5.75. The minimum absolute atomic E-state index is 0.119. The second kappa shape index (κ2) is 11.5. The van der Waals surface area contributed by atoms with Crippen LogP contribution in [0.25, 0.3) is 0 Å². The van der Waals surface area contributed by atoms with Gasteiger partial charge in [0.05, 0.1) is 0 Å². The lowest BCUT2D eigenvalue weighted by Crippen LogP contribution is -2.34. The molecule has 0 aromatic carbocycles. The van der Waals surface area contributed by atoms with Crippen molar-refractivity contribution in [1.29, 1.82) is 0 Å². The van der Waals surface area contributed by atoms with Gasteiger partial charge in [-0.3, -0.25) is 4.79 Å². The maximum absolute atomic E-state index is 11.4. The van der Waals surface area contributed by atoms with E-state index in [0.29, 0.717) is 31.5 Å². The van der Waals surface area contributed by atoms with Gasteiger partial charge in [0.15, 0.2) is 0 Å². The van der Waals surface area contributed by atoms with Crippen LogP contribution in [0.3, 0.4) is 0 Å². The molecule has 2 N–H and O–H groups in total. The first-order chi connectivity index (χ1) is 8.52. The van der Waals surface area contributed by atoms with Gasteiger partial charge in [0, 0.05) is 38.8 Å². The number of hydrogen-bond acceptors (Lipinski definition) is 3. The van der Waals surface area contributed by atoms with E-state index in [2.05, 4.69) is 38.3 Å². The van der Waals surface area contributed by atoms with Gasteiger partial charge in [0.2, 0.25) is 5.91 Å². The van der Waals surface area contributed by atoms with Gasteiger partial charge >= 0.3 is 0 Å². The summed E-state index contributed by atoms with van der Waals surface area (Å²) in [5.74, 6) is 0.801. The minimum atomic E-state index is 0.119. The molecule has 0 spiro atoms. The van der Waals surface area contributed by atoms with E-state index < -0.39 is 0 Å². The van der Waals surface area contributed by atoms with E-state index in [1.54, 1.807) is 0 Å². The molecule has 0 heterocycles. The quantitative estimate of drug-likeness (QED) is 0.557. The molecule has 0 saturated carbocycles. The van der Waals surface area contributed by atoms with Crippen molar-refractivity contribution >= 4 is 5.91 Å². The standard InChI is InChI=1S/C14H30N2O2/c1-12(2)7-11-18-10-5-6-14(17)16-9-8-15-13(3)4/h12-13,15H,5-11H2,1-4H3,(H,16,17). The highest BCUT2D eigenvalue weighted by Gasteiger charge is 2.01. The molecule has 0 aliphatic heterocycles. The molecule has 108 valence electrons. The zero-order valence-corrected chi connectivity index (χ0v) is 12.4. The Kier molecular flexibility index (Phi) is 11.1. The van der Waals surface area contributed by atoms with Gasteiger partial charge in [-0.2, -0.15) is 0 Å². The van der Waals surface area contributed by atoms with E-state index in [1.165, 1.54) is 0 Å². The van der Waals surface area contributed by atoms with E-state index in [4.69, 9.17) is 4.74 Å². The van der Waals surface area contributed by atoms with Gasteiger partial charge in [-0.05, 0) is 18.8 Å². The number of carbonyl (C=O) groups is 1. The van der Waals surface area contributed by atoms with Gasteiger partial charge in [0.25, 0.3) is 0 Å². The summed E-state index contributed by atoms with van der Waals surface area (Å²) in [6.07, 6.45) is 2.46. The molecular weight excluding hydrogens is 228 g/mol. The van der Waals surface area contributed by atoms with Gasteiger partial charge < -0.3 is 15.4 Å². The van der Waals surface area contributed by atoms with Crippen LogP contribution in [0.4, 0.5) is 0 Å². The lowest BCUT2D eigenvalue weighted by Gasteiger charge is -2.09. The lowest BCUT2D eigenvalue weighted by molar-refractivity contribution is -0.121. The largest absolute Gasteiger partial charge is 0.381 e. The molecule has 0 atom stereocenters. The fraction of sp³-hybridized carbons (Fsp3) is 0.929. The predicted octanol–water partition coefficient (Wildman–Crippen LogP) is 1.94. The van der Waals surface area contributed by atoms with Crippen LogP contribution in [0.15, 0.2) is 0 Å². The lowest BCUT2D eigenvalue weighted by atomic mass is 10.1. The minimum Gasteiger partial charge on any atom is -0.381 e. The zero-order valence-electron chi connectivity index (χ0n) is 12.4. The second-order valence-corrected chi connectivity index (χ2v) is 5.36. The van der Waals surface area contributed by atoms with E-state index in [9.17, 15) is 4.79 Å². The van der Waals surface area contributed by atoms with Crippen LogP contribution in [0.5, 0.6) is 0 Å². The first-order valence-corrected chi connectivity index (χ1v) is 7.10. The smallest absolute Gasteiger partial charge is 0.220 e. The molecule has 0 aliphatic rings. The maximum Gasteiger partial charge on any atom is 0.220 e. The van der Waals surface area contributed by atoms with Crippen molar-refractivity contribution in [2.75, 3.05) is 26.3 Å². The van der Waals surface area contributed by atoms with Crippen LogP contribution in [0, 0.1) is 5.92 Å². The van der Waals surface area contributed by atoms with Gasteiger partial charge in [0.1, 0.15) is 0 Å². The SMILES string of the molecule is CC(C)CCOCCCC(=O)NCCNC(C)C. The molecule has 0 saturated heterocycles. The summed E-state index contributed by atoms with van der Waals surface area (Å²) in [5.41, 5.74) is 0. The average Bonchev–Trinajstić information content (AvgIpc) is 2.28. The Labute approximate surface area is 112 Å². The van der Waals surface area contributed by atoms with E-state index in [0.717, 1.165) is 26.0 Å². The molecule has 0 fully saturated rings. The number of ether oxygens (including phenoxy) is 1. The van der Waals surface area contributed by atoms with E-state index in [-0.39, 0.29) is 5.91 Å². The Balaban J connectivity index is 3.22. The molecule has 18 heavy (non-hydrogen) atoms. The number of amides is 1. The number of nitrogens with one attached hydrogen (secondary N) is 2. The monoisotopic (exact) mass is 258 g/mol. The Morgan fingerprint density at radius 2 is 1.83 bits per heavy atom. The average molecular weight is 258 g/mol. The first-order valence-electron chi connectivity index (χ1n) is 7.10. The van der Waals surface area contributed by atoms with Crippen molar-refractivity contribution in [3.63, 3.8) is 0 Å². The molecule has 4 nitrogen and oxygen atoms in total. The fourth-order valence-electron chi connectivity index (χ4n) is 1.41. The second-order valence-electron chi connectivity index (χ2n) is 5.36. The van der Waals surface area contributed by atoms with Gasteiger partial charge in [-0.25, -0.2) is 0 Å². The van der Waals surface area contributed by atoms with Crippen LogP contribution < -0.4 is 10.6 Å². The van der Waals surface area contributed by atoms with Crippen molar-refractivity contribution in [2.24, 2.45) is 5.92 Å². The zero-order chi connectivity index (χ0) is 13.8. The third-order valence-corrected chi connectivity index (χ3v) is 2.53. The maximum atomic E-state index is 11.4. The number of carbonyl (C=O) groups excluding carboxylic acids is 1. The van der Waals surface area contributed by atoms with Gasteiger partial charge in [-0.1, -0.05) is 27.7 Å². The van der Waals surface area contributed by atoms with Crippen LogP contribution in [-0.2, 0) is 9.53 Å². The third-order valence-electron chi connectivity index (χ3n) is 2.53. The Morgan fingerprint density at radius 1 is 1.11 bits per heavy atom. The summed E-state index contributed by atoms with van der Waals surface area (Å²) in [6.45, 7) is 11.6. The molecular formula is C14H30N2O2. The van der Waals surface area contributed by atoms with E-state index in [1.807, 2.05) is 0 Å². The summed E-state index contributed by atoms with van der Waals surface area (Å²) in [7, 11) is 0. The topological polar surface area (TPSA) is 50.4 Å². The molecule has 1 amide bonds. The summed E-state index contributed by atoms with van der Waals surface area (Å²) in [6, 6.07) is 0.469. The van der Waals surface area contributed by atoms with E-state index >= 15 is 0 Å². The summed E-state index contributed by atoms with van der Waals surface area (Å²) in [5, 5.41) is 6.15.